The lowest BCUT2D eigenvalue weighted by Gasteiger charge is -2.08. The number of aromatic nitrogens is 1. The number of carboxylic acid groups (broad SMARTS) is 1. The molecule has 0 fully saturated rings. The molecule has 1 aromatic carbocycles. The van der Waals surface area contributed by atoms with Gasteiger partial charge in [0.1, 0.15) is 0 Å². The Morgan fingerprint density at radius 2 is 2.11 bits per heavy atom. The zero-order valence-electron chi connectivity index (χ0n) is 9.37. The highest BCUT2D eigenvalue weighted by atomic mass is 32.1. The van der Waals surface area contributed by atoms with Crippen LogP contribution < -0.4 is 10.2 Å². The van der Waals surface area contributed by atoms with E-state index in [2.05, 4.69) is 10.3 Å². The summed E-state index contributed by atoms with van der Waals surface area (Å²) in [6.45, 7) is 0.0987. The highest BCUT2D eigenvalue weighted by Gasteiger charge is 2.17. The topological polar surface area (TPSA) is 82.2 Å². The third kappa shape index (κ3) is 2.79. The average Bonchev–Trinajstić information content (AvgIpc) is 2.76. The maximum atomic E-state index is 13.6. The molecule has 0 saturated carbocycles. The molecule has 3 N–H and O–H groups in total. The predicted molar refractivity (Wildman–Crippen MR) is 65.6 cm³/mol. The van der Waals surface area contributed by atoms with Gasteiger partial charge in [-0.1, -0.05) is 11.3 Å². The van der Waals surface area contributed by atoms with Crippen molar-refractivity contribution in [2.45, 2.75) is 6.54 Å². The highest BCUT2D eigenvalue weighted by Crippen LogP contribution is 2.21. The molecule has 0 bridgehead atoms. The van der Waals surface area contributed by atoms with Crippen molar-refractivity contribution < 1.29 is 18.7 Å². The molecule has 1 heterocycles. The number of carbonyl (C=O) groups is 1. The fourth-order valence-electron chi connectivity index (χ4n) is 1.44. The first kappa shape index (κ1) is 13.2. The van der Waals surface area contributed by atoms with Gasteiger partial charge in [-0.25, -0.2) is 13.6 Å². The Hall–Kier alpha value is -2.22. The van der Waals surface area contributed by atoms with Crippen molar-refractivity contribution >= 4 is 23.0 Å². The van der Waals surface area contributed by atoms with Crippen LogP contribution in [-0.2, 0) is 6.54 Å². The maximum absolute atomic E-state index is 13.6. The summed E-state index contributed by atoms with van der Waals surface area (Å²) in [5.74, 6) is -4.22. The molecule has 5 nitrogen and oxygen atoms in total. The number of aromatic amines is 1. The van der Waals surface area contributed by atoms with Gasteiger partial charge in [0.2, 0.25) is 0 Å². The Morgan fingerprint density at radius 3 is 2.68 bits per heavy atom. The number of thiazole rings is 1. The van der Waals surface area contributed by atoms with Crippen LogP contribution in [0.3, 0.4) is 0 Å². The maximum Gasteiger partial charge on any atom is 0.338 e. The minimum absolute atomic E-state index is 0.0987. The second-order valence-electron chi connectivity index (χ2n) is 3.62. The van der Waals surface area contributed by atoms with Crippen molar-refractivity contribution in [2.24, 2.45) is 0 Å². The van der Waals surface area contributed by atoms with Gasteiger partial charge >= 0.3 is 10.8 Å². The SMILES string of the molecule is O=C(O)c1ccc(NCc2csc(=O)[nH]2)c(F)c1F. The van der Waals surface area contributed by atoms with Gasteiger partial charge in [-0.3, -0.25) is 4.79 Å². The molecule has 8 heteroatoms. The lowest BCUT2D eigenvalue weighted by Crippen LogP contribution is -2.08. The van der Waals surface area contributed by atoms with Crippen molar-refractivity contribution in [3.05, 3.63) is 50.1 Å². The number of benzene rings is 1. The van der Waals surface area contributed by atoms with Gasteiger partial charge in [0.25, 0.3) is 0 Å². The molecule has 0 unspecified atom stereocenters. The van der Waals surface area contributed by atoms with Gasteiger partial charge in [0.15, 0.2) is 11.6 Å². The molecule has 0 aliphatic rings. The van der Waals surface area contributed by atoms with E-state index >= 15 is 0 Å². The van der Waals surface area contributed by atoms with Crippen LogP contribution >= 0.6 is 11.3 Å². The first-order valence-electron chi connectivity index (χ1n) is 5.11. The van der Waals surface area contributed by atoms with Crippen LogP contribution in [-0.4, -0.2) is 16.1 Å². The molecule has 0 aliphatic carbocycles. The second-order valence-corrected chi connectivity index (χ2v) is 4.46. The van der Waals surface area contributed by atoms with Crippen molar-refractivity contribution in [3.8, 4) is 0 Å². The molecular formula is C11H8F2N2O3S. The Labute approximate surface area is 109 Å². The summed E-state index contributed by atoms with van der Waals surface area (Å²) in [5.41, 5.74) is -0.376. The van der Waals surface area contributed by atoms with Gasteiger partial charge in [0.05, 0.1) is 17.8 Å². The molecule has 1 aromatic heterocycles. The fraction of sp³-hybridized carbons (Fsp3) is 0.0909. The molecule has 2 aromatic rings. The normalized spacial score (nSPS) is 10.4. The molecule has 0 aliphatic heterocycles. The summed E-state index contributed by atoms with van der Waals surface area (Å²) in [5, 5.41) is 12.8. The fourth-order valence-corrected chi connectivity index (χ4v) is 2.02. The lowest BCUT2D eigenvalue weighted by atomic mass is 10.2. The van der Waals surface area contributed by atoms with Crippen molar-refractivity contribution in [2.75, 3.05) is 5.32 Å². The largest absolute Gasteiger partial charge is 0.478 e. The standard InChI is InChI=1S/C11H8F2N2O3S/c12-8-6(10(16)17)1-2-7(9(8)13)14-3-5-4-19-11(18)15-5/h1-2,4,14H,3H2,(H,15,18)(H,16,17). The van der Waals surface area contributed by atoms with Crippen LogP contribution in [0, 0.1) is 11.6 Å². The van der Waals surface area contributed by atoms with Crippen molar-refractivity contribution in [1.29, 1.82) is 0 Å². The van der Waals surface area contributed by atoms with E-state index in [0.29, 0.717) is 5.69 Å². The Bertz CT molecular complexity index is 681. The van der Waals surface area contributed by atoms with Crippen molar-refractivity contribution in [3.63, 3.8) is 0 Å². The van der Waals surface area contributed by atoms with Gasteiger partial charge in [-0.2, -0.15) is 0 Å². The van der Waals surface area contributed by atoms with Crippen LogP contribution in [0.15, 0.2) is 22.3 Å². The van der Waals surface area contributed by atoms with Gasteiger partial charge in [0, 0.05) is 11.1 Å². The third-order valence-electron chi connectivity index (χ3n) is 2.35. The quantitative estimate of drug-likeness (QED) is 0.803. The number of rotatable bonds is 4. The first-order valence-corrected chi connectivity index (χ1v) is 5.99. The zero-order valence-corrected chi connectivity index (χ0v) is 10.2. The van der Waals surface area contributed by atoms with Gasteiger partial charge in [-0.15, -0.1) is 0 Å². The lowest BCUT2D eigenvalue weighted by molar-refractivity contribution is 0.0690. The molecule has 19 heavy (non-hydrogen) atoms. The summed E-state index contributed by atoms with van der Waals surface area (Å²) in [6, 6.07) is 2.10. The summed E-state index contributed by atoms with van der Waals surface area (Å²) < 4.78 is 27.0. The summed E-state index contributed by atoms with van der Waals surface area (Å²) in [7, 11) is 0. The van der Waals surface area contributed by atoms with E-state index in [9.17, 15) is 18.4 Å². The second kappa shape index (κ2) is 5.19. The monoisotopic (exact) mass is 286 g/mol. The average molecular weight is 286 g/mol. The number of H-pyrrole nitrogens is 1. The van der Waals surface area contributed by atoms with E-state index in [0.717, 1.165) is 23.5 Å². The number of carboxylic acids is 1. The molecule has 0 spiro atoms. The van der Waals surface area contributed by atoms with Crippen LogP contribution in [0.1, 0.15) is 16.1 Å². The molecule has 0 saturated heterocycles. The Kier molecular flexibility index (Phi) is 3.61. The minimum atomic E-state index is -1.54. The number of halogens is 2. The van der Waals surface area contributed by atoms with Crippen LogP contribution in [0.5, 0.6) is 0 Å². The molecular weight excluding hydrogens is 278 g/mol. The molecule has 0 amide bonds. The smallest absolute Gasteiger partial charge is 0.338 e. The van der Waals surface area contributed by atoms with E-state index in [1.165, 1.54) is 0 Å². The van der Waals surface area contributed by atoms with Crippen molar-refractivity contribution in [1.82, 2.24) is 4.98 Å². The Morgan fingerprint density at radius 1 is 1.37 bits per heavy atom. The van der Waals surface area contributed by atoms with Crippen LogP contribution in [0.25, 0.3) is 0 Å². The van der Waals surface area contributed by atoms with E-state index in [1.54, 1.807) is 5.38 Å². The number of anilines is 1. The van der Waals surface area contributed by atoms with Gasteiger partial charge in [-0.05, 0) is 12.1 Å². The van der Waals surface area contributed by atoms with E-state index in [-0.39, 0.29) is 17.1 Å². The number of aromatic carboxylic acids is 1. The number of nitrogens with one attached hydrogen (secondary N) is 2. The first-order chi connectivity index (χ1) is 8.99. The van der Waals surface area contributed by atoms with Crippen LogP contribution in [0.4, 0.5) is 14.5 Å². The van der Waals surface area contributed by atoms with E-state index in [1.807, 2.05) is 0 Å². The highest BCUT2D eigenvalue weighted by molar-refractivity contribution is 7.07. The number of hydrogen-bond acceptors (Lipinski definition) is 4. The zero-order chi connectivity index (χ0) is 14.0. The van der Waals surface area contributed by atoms with E-state index < -0.39 is 23.2 Å². The molecule has 100 valence electrons. The summed E-state index contributed by atoms with van der Waals surface area (Å²) >= 11 is 0.957. The summed E-state index contributed by atoms with van der Waals surface area (Å²) in [6.07, 6.45) is 0. The van der Waals surface area contributed by atoms with E-state index in [4.69, 9.17) is 5.11 Å². The molecule has 2 rings (SSSR count). The Balaban J connectivity index is 2.20. The van der Waals surface area contributed by atoms with Gasteiger partial charge < -0.3 is 15.4 Å². The molecule has 0 atom stereocenters. The van der Waals surface area contributed by atoms with Crippen LogP contribution in [0.2, 0.25) is 0 Å². The predicted octanol–water partition coefficient (Wildman–Crippen LogP) is 2.02. The third-order valence-corrected chi connectivity index (χ3v) is 3.07. The minimum Gasteiger partial charge on any atom is -0.478 e. The summed E-state index contributed by atoms with van der Waals surface area (Å²) in [4.78, 5) is 23.7. The molecule has 0 radical (unpaired) electrons. The number of hydrogen-bond donors (Lipinski definition) is 3.